The Morgan fingerprint density at radius 2 is 1.45 bits per heavy atom. The zero-order chi connectivity index (χ0) is 15.9. The number of aliphatic carboxylic acids is 1. The molecular weight excluding hydrogens is 282 g/mol. The normalized spacial score (nSPS) is 13.3. The third-order valence-corrected chi connectivity index (χ3v) is 4.06. The third kappa shape index (κ3) is 2.06. The number of carbonyl (C=O) groups is 1. The van der Waals surface area contributed by atoms with Crippen molar-refractivity contribution in [1.29, 1.82) is 0 Å². The Morgan fingerprint density at radius 1 is 1.00 bits per heavy atom. The van der Waals surface area contributed by atoms with Crippen molar-refractivity contribution < 1.29 is 19.4 Å². The second kappa shape index (κ2) is 5.26. The van der Waals surface area contributed by atoms with Gasteiger partial charge >= 0.3 is 5.97 Å². The Morgan fingerprint density at radius 3 is 1.82 bits per heavy atom. The van der Waals surface area contributed by atoms with E-state index in [1.54, 1.807) is 26.4 Å². The van der Waals surface area contributed by atoms with E-state index in [0.717, 1.165) is 22.5 Å². The van der Waals surface area contributed by atoms with Gasteiger partial charge in [0.05, 0.1) is 14.2 Å². The van der Waals surface area contributed by atoms with Crippen LogP contribution in [0.1, 0.15) is 17.0 Å². The Kier molecular flexibility index (Phi) is 3.41. The molecule has 0 saturated carbocycles. The largest absolute Gasteiger partial charge is 0.497 e. The Balaban J connectivity index is 2.25. The van der Waals surface area contributed by atoms with Crippen LogP contribution in [-0.2, 0) is 4.79 Å². The molecule has 2 aromatic rings. The van der Waals surface area contributed by atoms with E-state index in [4.69, 9.17) is 9.47 Å². The fraction of sp³-hybridized carbons (Fsp3) is 0.235. The first-order valence-corrected chi connectivity index (χ1v) is 6.89. The molecule has 5 nitrogen and oxygen atoms in total. The van der Waals surface area contributed by atoms with Gasteiger partial charge in [0.1, 0.15) is 17.4 Å². The molecule has 1 aliphatic heterocycles. The number of rotatable bonds is 3. The van der Waals surface area contributed by atoms with Crippen LogP contribution in [0.4, 0.5) is 11.4 Å². The van der Waals surface area contributed by atoms with Gasteiger partial charge < -0.3 is 19.5 Å². The Bertz CT molecular complexity index is 686. The summed E-state index contributed by atoms with van der Waals surface area (Å²) >= 11 is 0. The van der Waals surface area contributed by atoms with Gasteiger partial charge in [-0.3, -0.25) is 4.79 Å². The fourth-order valence-electron chi connectivity index (χ4n) is 2.96. The van der Waals surface area contributed by atoms with Crippen molar-refractivity contribution in [1.82, 2.24) is 0 Å². The first kappa shape index (κ1) is 14.3. The third-order valence-electron chi connectivity index (χ3n) is 4.06. The van der Waals surface area contributed by atoms with Crippen LogP contribution in [0.15, 0.2) is 36.4 Å². The molecule has 0 amide bonds. The van der Waals surface area contributed by atoms with E-state index < -0.39 is 11.9 Å². The van der Waals surface area contributed by atoms with Gasteiger partial charge in [0, 0.05) is 18.4 Å². The number of carboxylic acid groups (broad SMARTS) is 1. The highest BCUT2D eigenvalue weighted by Gasteiger charge is 2.34. The molecule has 3 rings (SSSR count). The molecule has 114 valence electrons. The van der Waals surface area contributed by atoms with E-state index in [0.29, 0.717) is 11.5 Å². The highest BCUT2D eigenvalue weighted by Crippen LogP contribution is 2.46. The maximum Gasteiger partial charge on any atom is 0.315 e. The number of benzene rings is 2. The molecule has 0 saturated heterocycles. The highest BCUT2D eigenvalue weighted by molar-refractivity contribution is 5.90. The molecule has 2 aromatic carbocycles. The van der Waals surface area contributed by atoms with E-state index in [9.17, 15) is 9.90 Å². The molecule has 0 fully saturated rings. The summed E-state index contributed by atoms with van der Waals surface area (Å²) in [6.45, 7) is 0. The predicted molar refractivity (Wildman–Crippen MR) is 83.5 cm³/mol. The summed E-state index contributed by atoms with van der Waals surface area (Å²) in [6.07, 6.45) is 0. The maximum atomic E-state index is 11.9. The van der Waals surface area contributed by atoms with Gasteiger partial charge in [-0.15, -0.1) is 0 Å². The smallest absolute Gasteiger partial charge is 0.315 e. The van der Waals surface area contributed by atoms with E-state index >= 15 is 0 Å². The van der Waals surface area contributed by atoms with Crippen molar-refractivity contribution in [3.05, 3.63) is 47.5 Å². The van der Waals surface area contributed by atoms with Crippen LogP contribution >= 0.6 is 0 Å². The van der Waals surface area contributed by atoms with E-state index in [1.165, 1.54) is 0 Å². The lowest BCUT2D eigenvalue weighted by Crippen LogP contribution is -2.26. The average Bonchev–Trinajstić information content (AvgIpc) is 2.53. The summed E-state index contributed by atoms with van der Waals surface area (Å²) in [7, 11) is 5.07. The van der Waals surface area contributed by atoms with Crippen molar-refractivity contribution >= 4 is 17.3 Å². The SMILES string of the molecule is COc1ccc2c(c1)C(C(=O)O)c1cc(OC)ccc1N2C. The number of methoxy groups -OCH3 is 2. The second-order valence-corrected chi connectivity index (χ2v) is 5.18. The molecule has 0 atom stereocenters. The van der Waals surface area contributed by atoms with Gasteiger partial charge in [-0.25, -0.2) is 0 Å². The molecule has 0 spiro atoms. The molecule has 0 aromatic heterocycles. The quantitative estimate of drug-likeness (QED) is 0.944. The summed E-state index contributed by atoms with van der Waals surface area (Å²) < 4.78 is 10.5. The van der Waals surface area contributed by atoms with Gasteiger partial charge in [0.25, 0.3) is 0 Å². The molecule has 0 bridgehead atoms. The first-order valence-electron chi connectivity index (χ1n) is 6.89. The summed E-state index contributed by atoms with van der Waals surface area (Å²) in [5.74, 6) is -0.349. The monoisotopic (exact) mass is 299 g/mol. The summed E-state index contributed by atoms with van der Waals surface area (Å²) in [5, 5.41) is 9.75. The minimum absolute atomic E-state index is 0.643. The van der Waals surface area contributed by atoms with Crippen molar-refractivity contribution in [2.45, 2.75) is 5.92 Å². The summed E-state index contributed by atoms with van der Waals surface area (Å²) in [4.78, 5) is 13.9. The first-order chi connectivity index (χ1) is 10.6. The molecule has 1 heterocycles. The number of anilines is 2. The van der Waals surface area contributed by atoms with Crippen molar-refractivity contribution in [3.8, 4) is 11.5 Å². The lowest BCUT2D eigenvalue weighted by Gasteiger charge is -2.34. The number of carboxylic acids is 1. The summed E-state index contributed by atoms with van der Waals surface area (Å²) in [5.41, 5.74) is 3.17. The van der Waals surface area contributed by atoms with Crippen molar-refractivity contribution in [3.63, 3.8) is 0 Å². The fourth-order valence-corrected chi connectivity index (χ4v) is 2.96. The minimum atomic E-state index is -0.892. The van der Waals surface area contributed by atoms with Gasteiger partial charge in [0.2, 0.25) is 0 Å². The lowest BCUT2D eigenvalue weighted by molar-refractivity contribution is -0.137. The van der Waals surface area contributed by atoms with Crippen LogP contribution in [0.25, 0.3) is 0 Å². The van der Waals surface area contributed by atoms with Crippen LogP contribution in [0.5, 0.6) is 11.5 Å². The molecular formula is C17H17NO4. The topological polar surface area (TPSA) is 59.0 Å². The van der Waals surface area contributed by atoms with Gasteiger partial charge in [0.15, 0.2) is 0 Å². The number of hydrogen-bond donors (Lipinski definition) is 1. The Labute approximate surface area is 128 Å². The van der Waals surface area contributed by atoms with Crippen LogP contribution in [0.3, 0.4) is 0 Å². The standard InChI is InChI=1S/C17H17NO4/c1-18-14-6-4-10(21-2)8-12(14)16(17(19)20)13-9-11(22-3)5-7-15(13)18/h4-9,16H,1-3H3,(H,19,20). The van der Waals surface area contributed by atoms with Crippen molar-refractivity contribution in [2.75, 3.05) is 26.2 Å². The minimum Gasteiger partial charge on any atom is -0.497 e. The highest BCUT2D eigenvalue weighted by atomic mass is 16.5. The lowest BCUT2D eigenvalue weighted by atomic mass is 9.85. The molecule has 22 heavy (non-hydrogen) atoms. The number of nitrogens with zero attached hydrogens (tertiary/aromatic N) is 1. The van der Waals surface area contributed by atoms with E-state index in [-0.39, 0.29) is 0 Å². The van der Waals surface area contributed by atoms with Gasteiger partial charge in [-0.2, -0.15) is 0 Å². The molecule has 1 N–H and O–H groups in total. The molecule has 1 aliphatic rings. The average molecular weight is 299 g/mol. The van der Waals surface area contributed by atoms with Crippen LogP contribution in [-0.4, -0.2) is 32.3 Å². The Hall–Kier alpha value is -2.69. The van der Waals surface area contributed by atoms with E-state index in [2.05, 4.69) is 0 Å². The van der Waals surface area contributed by atoms with Crippen LogP contribution < -0.4 is 14.4 Å². The predicted octanol–water partition coefficient (Wildman–Crippen LogP) is 3.00. The van der Waals surface area contributed by atoms with Gasteiger partial charge in [-0.05, 0) is 47.5 Å². The number of ether oxygens (including phenoxy) is 2. The zero-order valence-electron chi connectivity index (χ0n) is 12.7. The van der Waals surface area contributed by atoms with E-state index in [1.807, 2.05) is 36.2 Å². The number of hydrogen-bond acceptors (Lipinski definition) is 4. The molecule has 0 unspecified atom stereocenters. The second-order valence-electron chi connectivity index (χ2n) is 5.18. The molecule has 0 radical (unpaired) electrons. The molecule has 0 aliphatic carbocycles. The van der Waals surface area contributed by atoms with Crippen LogP contribution in [0, 0.1) is 0 Å². The zero-order valence-corrected chi connectivity index (χ0v) is 12.7. The van der Waals surface area contributed by atoms with Gasteiger partial charge in [-0.1, -0.05) is 0 Å². The number of fused-ring (bicyclic) bond motifs is 2. The molecule has 5 heteroatoms. The van der Waals surface area contributed by atoms with Crippen molar-refractivity contribution in [2.24, 2.45) is 0 Å². The maximum absolute atomic E-state index is 11.9. The van der Waals surface area contributed by atoms with Crippen LogP contribution in [0.2, 0.25) is 0 Å². The summed E-state index contributed by atoms with van der Waals surface area (Å²) in [6, 6.07) is 11.0.